The molecular weight excluding hydrogens is 262 g/mol. The van der Waals surface area contributed by atoms with Gasteiger partial charge < -0.3 is 10.3 Å². The fraction of sp³-hybridized carbons (Fsp3) is 0.308. The lowest BCUT2D eigenvalue weighted by Crippen LogP contribution is -2.11. The Morgan fingerprint density at radius 2 is 2.16 bits per heavy atom. The minimum absolute atomic E-state index is 0.0822. The molecule has 0 atom stereocenters. The summed E-state index contributed by atoms with van der Waals surface area (Å²) in [5.41, 5.74) is 6.95. The summed E-state index contributed by atoms with van der Waals surface area (Å²) in [6.45, 7) is 2.48. The van der Waals surface area contributed by atoms with Gasteiger partial charge in [0, 0.05) is 18.9 Å². The summed E-state index contributed by atoms with van der Waals surface area (Å²) in [7, 11) is -3.33. The van der Waals surface area contributed by atoms with E-state index in [9.17, 15) is 8.42 Å². The van der Waals surface area contributed by atoms with E-state index < -0.39 is 9.84 Å². The third-order valence-corrected chi connectivity index (χ3v) is 4.74. The highest BCUT2D eigenvalue weighted by Gasteiger charge is 2.17. The molecule has 19 heavy (non-hydrogen) atoms. The van der Waals surface area contributed by atoms with Crippen LogP contribution in [0.25, 0.3) is 0 Å². The average Bonchev–Trinajstić information content (AvgIpc) is 2.85. The summed E-state index contributed by atoms with van der Waals surface area (Å²) in [5.74, 6) is 0.0822. The van der Waals surface area contributed by atoms with Crippen molar-refractivity contribution in [1.82, 2.24) is 9.55 Å². The number of rotatable bonds is 5. The summed E-state index contributed by atoms with van der Waals surface area (Å²) in [5, 5.41) is 0. The van der Waals surface area contributed by atoms with Crippen LogP contribution in [0.15, 0.2) is 41.8 Å². The lowest BCUT2D eigenvalue weighted by molar-refractivity contribution is 0.586. The molecule has 1 aromatic heterocycles. The lowest BCUT2D eigenvalue weighted by Gasteiger charge is -2.08. The van der Waals surface area contributed by atoms with Gasteiger partial charge >= 0.3 is 0 Å². The van der Waals surface area contributed by atoms with Gasteiger partial charge in [0.1, 0.15) is 0 Å². The Morgan fingerprint density at radius 1 is 1.37 bits per heavy atom. The van der Waals surface area contributed by atoms with Gasteiger partial charge in [-0.2, -0.15) is 0 Å². The number of aryl methyl sites for hydroxylation is 2. The summed E-state index contributed by atoms with van der Waals surface area (Å²) >= 11 is 0. The summed E-state index contributed by atoms with van der Waals surface area (Å²) in [6.07, 6.45) is 5.69. The van der Waals surface area contributed by atoms with Crippen LogP contribution in [0.3, 0.4) is 0 Å². The second kappa shape index (κ2) is 5.44. The van der Waals surface area contributed by atoms with Crippen molar-refractivity contribution in [2.45, 2.75) is 24.8 Å². The number of hydrogen-bond donors (Lipinski definition) is 1. The SMILES string of the molecule is Cc1ccc(N)c(S(=O)(=O)CCCn2ccnc2)c1. The Bertz CT molecular complexity index is 649. The third kappa shape index (κ3) is 3.35. The predicted molar refractivity (Wildman–Crippen MR) is 74.5 cm³/mol. The molecule has 6 heteroatoms. The minimum Gasteiger partial charge on any atom is -0.398 e. The van der Waals surface area contributed by atoms with Gasteiger partial charge in [-0.05, 0) is 31.0 Å². The predicted octanol–water partition coefficient (Wildman–Crippen LogP) is 1.64. The van der Waals surface area contributed by atoms with E-state index in [1.54, 1.807) is 30.7 Å². The van der Waals surface area contributed by atoms with Crippen LogP contribution < -0.4 is 5.73 Å². The Hall–Kier alpha value is -1.82. The van der Waals surface area contributed by atoms with Gasteiger partial charge in [0.05, 0.1) is 22.7 Å². The monoisotopic (exact) mass is 279 g/mol. The fourth-order valence-electron chi connectivity index (χ4n) is 1.88. The van der Waals surface area contributed by atoms with E-state index in [4.69, 9.17) is 5.73 Å². The maximum Gasteiger partial charge on any atom is 0.180 e. The molecule has 1 aromatic carbocycles. The van der Waals surface area contributed by atoms with Crippen molar-refractivity contribution in [3.63, 3.8) is 0 Å². The first kappa shape index (κ1) is 13.6. The van der Waals surface area contributed by atoms with Crippen molar-refractivity contribution >= 4 is 15.5 Å². The van der Waals surface area contributed by atoms with Crippen LogP contribution in [0.4, 0.5) is 5.69 Å². The number of anilines is 1. The van der Waals surface area contributed by atoms with E-state index in [1.165, 1.54) is 0 Å². The number of nitrogens with zero attached hydrogens (tertiary/aromatic N) is 2. The fourth-order valence-corrected chi connectivity index (χ4v) is 3.40. The van der Waals surface area contributed by atoms with Gasteiger partial charge in [0.2, 0.25) is 0 Å². The van der Waals surface area contributed by atoms with Crippen LogP contribution in [0.2, 0.25) is 0 Å². The Labute approximate surface area is 113 Å². The van der Waals surface area contributed by atoms with E-state index in [0.29, 0.717) is 18.7 Å². The maximum absolute atomic E-state index is 12.2. The summed E-state index contributed by atoms with van der Waals surface area (Å²) in [6, 6.07) is 5.07. The highest BCUT2D eigenvalue weighted by molar-refractivity contribution is 7.91. The van der Waals surface area contributed by atoms with Gasteiger partial charge in [-0.3, -0.25) is 0 Å². The van der Waals surface area contributed by atoms with Crippen molar-refractivity contribution in [3.8, 4) is 0 Å². The third-order valence-electron chi connectivity index (χ3n) is 2.89. The van der Waals surface area contributed by atoms with Gasteiger partial charge in [-0.15, -0.1) is 0 Å². The molecule has 2 rings (SSSR count). The summed E-state index contributed by atoms with van der Waals surface area (Å²) in [4.78, 5) is 4.15. The molecular formula is C13H17N3O2S. The smallest absolute Gasteiger partial charge is 0.180 e. The molecule has 0 saturated carbocycles. The maximum atomic E-state index is 12.2. The highest BCUT2D eigenvalue weighted by atomic mass is 32.2. The van der Waals surface area contributed by atoms with Crippen molar-refractivity contribution in [1.29, 1.82) is 0 Å². The molecule has 0 amide bonds. The van der Waals surface area contributed by atoms with Gasteiger partial charge in [-0.25, -0.2) is 13.4 Å². The molecule has 1 heterocycles. The number of benzene rings is 1. The molecule has 0 radical (unpaired) electrons. The minimum atomic E-state index is -3.33. The van der Waals surface area contributed by atoms with Gasteiger partial charge in [0.15, 0.2) is 9.84 Å². The number of imidazole rings is 1. The zero-order chi connectivity index (χ0) is 13.9. The molecule has 0 aliphatic rings. The molecule has 5 nitrogen and oxygen atoms in total. The van der Waals surface area contributed by atoms with Crippen LogP contribution in [0.1, 0.15) is 12.0 Å². The number of hydrogen-bond acceptors (Lipinski definition) is 4. The van der Waals surface area contributed by atoms with Gasteiger partial charge in [0.25, 0.3) is 0 Å². The Kier molecular flexibility index (Phi) is 3.90. The van der Waals surface area contributed by atoms with Crippen LogP contribution in [-0.2, 0) is 16.4 Å². The largest absolute Gasteiger partial charge is 0.398 e. The van der Waals surface area contributed by atoms with Crippen molar-refractivity contribution < 1.29 is 8.42 Å². The molecule has 0 saturated heterocycles. The van der Waals surface area contributed by atoms with Crippen molar-refractivity contribution in [3.05, 3.63) is 42.5 Å². The average molecular weight is 279 g/mol. The first-order valence-electron chi connectivity index (χ1n) is 6.04. The van der Waals surface area contributed by atoms with E-state index >= 15 is 0 Å². The number of nitrogens with two attached hydrogens (primary N) is 1. The standard InChI is InChI=1S/C13H17N3O2S/c1-11-3-4-12(14)13(9-11)19(17,18)8-2-6-16-7-5-15-10-16/h3-5,7,9-10H,2,6,8,14H2,1H3. The molecule has 0 unspecified atom stereocenters. The molecule has 2 N–H and O–H groups in total. The van der Waals surface area contributed by atoms with E-state index in [2.05, 4.69) is 4.98 Å². The zero-order valence-corrected chi connectivity index (χ0v) is 11.6. The Balaban J connectivity index is 2.07. The molecule has 0 aliphatic carbocycles. The Morgan fingerprint density at radius 3 is 2.84 bits per heavy atom. The highest BCUT2D eigenvalue weighted by Crippen LogP contribution is 2.21. The first-order valence-corrected chi connectivity index (χ1v) is 7.69. The molecule has 2 aromatic rings. The van der Waals surface area contributed by atoms with Crippen LogP contribution in [-0.4, -0.2) is 23.7 Å². The molecule has 102 valence electrons. The zero-order valence-electron chi connectivity index (χ0n) is 10.8. The number of aromatic nitrogens is 2. The second-order valence-electron chi connectivity index (χ2n) is 4.51. The molecule has 0 spiro atoms. The summed E-state index contributed by atoms with van der Waals surface area (Å²) < 4.78 is 26.3. The first-order chi connectivity index (χ1) is 8.99. The lowest BCUT2D eigenvalue weighted by atomic mass is 10.2. The molecule has 0 aliphatic heterocycles. The van der Waals surface area contributed by atoms with E-state index in [1.807, 2.05) is 17.7 Å². The van der Waals surface area contributed by atoms with Crippen LogP contribution in [0.5, 0.6) is 0 Å². The van der Waals surface area contributed by atoms with Crippen LogP contribution >= 0.6 is 0 Å². The van der Waals surface area contributed by atoms with E-state index in [-0.39, 0.29) is 10.6 Å². The number of sulfone groups is 1. The van der Waals surface area contributed by atoms with Crippen molar-refractivity contribution in [2.24, 2.45) is 0 Å². The van der Waals surface area contributed by atoms with Crippen molar-refractivity contribution in [2.75, 3.05) is 11.5 Å². The quantitative estimate of drug-likeness (QED) is 0.844. The topological polar surface area (TPSA) is 78.0 Å². The van der Waals surface area contributed by atoms with Crippen LogP contribution in [0, 0.1) is 6.92 Å². The second-order valence-corrected chi connectivity index (χ2v) is 6.59. The molecule has 0 fully saturated rings. The molecule has 0 bridgehead atoms. The van der Waals surface area contributed by atoms with E-state index in [0.717, 1.165) is 5.56 Å². The number of nitrogen functional groups attached to an aromatic ring is 1. The normalized spacial score (nSPS) is 11.6. The van der Waals surface area contributed by atoms with Gasteiger partial charge in [-0.1, -0.05) is 6.07 Å².